The molecule has 0 radical (unpaired) electrons. The van der Waals surface area contributed by atoms with E-state index in [1.54, 1.807) is 27.9 Å². The Balaban J connectivity index is 1.41. The number of phenolic OH excluding ortho intramolecular Hbond substituents is 1. The SMILES string of the molecule is Cc1nn(C)c2ncc(NC(=O)N3CCN(c4ccccc4O)CC3)cc12. The summed E-state index contributed by atoms with van der Waals surface area (Å²) in [7, 11) is 1.85. The summed E-state index contributed by atoms with van der Waals surface area (Å²) in [6.45, 7) is 4.44. The molecule has 2 aromatic heterocycles. The van der Waals surface area contributed by atoms with E-state index in [1.807, 2.05) is 32.2 Å². The van der Waals surface area contributed by atoms with Crippen LogP contribution < -0.4 is 10.2 Å². The number of aromatic hydroxyl groups is 1. The van der Waals surface area contributed by atoms with Gasteiger partial charge in [0.25, 0.3) is 0 Å². The Morgan fingerprint density at radius 3 is 2.67 bits per heavy atom. The van der Waals surface area contributed by atoms with E-state index < -0.39 is 0 Å². The summed E-state index contributed by atoms with van der Waals surface area (Å²) in [6.07, 6.45) is 1.65. The summed E-state index contributed by atoms with van der Waals surface area (Å²) in [5.74, 6) is 0.265. The Kier molecular flexibility index (Phi) is 4.31. The van der Waals surface area contributed by atoms with Crippen molar-refractivity contribution in [2.24, 2.45) is 7.05 Å². The lowest BCUT2D eigenvalue weighted by atomic mass is 10.2. The first-order valence-electron chi connectivity index (χ1n) is 8.91. The second-order valence-corrected chi connectivity index (χ2v) is 6.70. The van der Waals surface area contributed by atoms with Gasteiger partial charge < -0.3 is 20.2 Å². The molecule has 0 atom stereocenters. The number of anilines is 2. The van der Waals surface area contributed by atoms with E-state index in [0.717, 1.165) is 22.4 Å². The molecule has 3 heterocycles. The van der Waals surface area contributed by atoms with Crippen LogP contribution in [0.5, 0.6) is 5.75 Å². The van der Waals surface area contributed by atoms with E-state index in [0.29, 0.717) is 31.9 Å². The molecule has 1 aromatic carbocycles. The summed E-state index contributed by atoms with van der Waals surface area (Å²) < 4.78 is 1.73. The molecule has 1 aliphatic heterocycles. The fourth-order valence-corrected chi connectivity index (χ4v) is 3.46. The quantitative estimate of drug-likeness (QED) is 0.727. The van der Waals surface area contributed by atoms with Gasteiger partial charge >= 0.3 is 6.03 Å². The molecule has 0 unspecified atom stereocenters. The Labute approximate surface area is 157 Å². The number of carbonyl (C=O) groups excluding carboxylic acids is 1. The van der Waals surface area contributed by atoms with Crippen LogP contribution in [0.4, 0.5) is 16.2 Å². The predicted molar refractivity (Wildman–Crippen MR) is 104 cm³/mol. The number of nitrogens with one attached hydrogen (secondary N) is 1. The zero-order valence-corrected chi connectivity index (χ0v) is 15.4. The van der Waals surface area contributed by atoms with E-state index in [9.17, 15) is 9.90 Å². The average molecular weight is 366 g/mol. The zero-order chi connectivity index (χ0) is 19.0. The molecular weight excluding hydrogens is 344 g/mol. The number of aryl methyl sites for hydroxylation is 2. The number of para-hydroxylation sites is 2. The van der Waals surface area contributed by atoms with Gasteiger partial charge in [0, 0.05) is 38.6 Å². The van der Waals surface area contributed by atoms with Crippen LogP contribution in [0.3, 0.4) is 0 Å². The van der Waals surface area contributed by atoms with Crippen LogP contribution >= 0.6 is 0 Å². The largest absolute Gasteiger partial charge is 0.506 e. The lowest BCUT2D eigenvalue weighted by molar-refractivity contribution is 0.208. The van der Waals surface area contributed by atoms with Gasteiger partial charge in [-0.25, -0.2) is 9.78 Å². The highest BCUT2D eigenvalue weighted by atomic mass is 16.3. The summed E-state index contributed by atoms with van der Waals surface area (Å²) in [5.41, 5.74) is 3.14. The fraction of sp³-hybridized carbons (Fsp3) is 0.316. The van der Waals surface area contributed by atoms with Crippen LogP contribution in [0, 0.1) is 6.92 Å². The van der Waals surface area contributed by atoms with Gasteiger partial charge in [0.15, 0.2) is 5.65 Å². The molecule has 0 spiro atoms. The number of benzene rings is 1. The van der Waals surface area contributed by atoms with Gasteiger partial charge in [0.2, 0.25) is 0 Å². The zero-order valence-electron chi connectivity index (χ0n) is 15.4. The van der Waals surface area contributed by atoms with Crippen molar-refractivity contribution in [1.82, 2.24) is 19.7 Å². The molecule has 8 heteroatoms. The van der Waals surface area contributed by atoms with Gasteiger partial charge in [-0.15, -0.1) is 0 Å². The highest BCUT2D eigenvalue weighted by Crippen LogP contribution is 2.27. The minimum atomic E-state index is -0.144. The number of hydrogen-bond donors (Lipinski definition) is 2. The second-order valence-electron chi connectivity index (χ2n) is 6.70. The van der Waals surface area contributed by atoms with Crippen LogP contribution in [-0.4, -0.2) is 57.0 Å². The molecule has 2 amide bonds. The third kappa shape index (κ3) is 3.25. The summed E-state index contributed by atoms with van der Waals surface area (Å²) in [6, 6.07) is 9.03. The number of aromatic nitrogens is 3. The Bertz CT molecular complexity index is 991. The summed E-state index contributed by atoms with van der Waals surface area (Å²) >= 11 is 0. The van der Waals surface area contributed by atoms with Gasteiger partial charge in [0.05, 0.1) is 23.3 Å². The number of rotatable bonds is 2. The molecule has 0 bridgehead atoms. The molecule has 0 aliphatic carbocycles. The molecule has 8 nitrogen and oxygen atoms in total. The molecule has 1 aliphatic rings. The standard InChI is InChI=1S/C19H22N6O2/c1-13-15-11-14(12-20-18(15)23(2)22-13)21-19(27)25-9-7-24(8-10-25)16-5-3-4-6-17(16)26/h3-6,11-12,26H,7-10H2,1-2H3,(H,21,27). The number of pyridine rings is 1. The first-order chi connectivity index (χ1) is 13.0. The Morgan fingerprint density at radius 1 is 1.19 bits per heavy atom. The van der Waals surface area contributed by atoms with Crippen molar-refractivity contribution in [1.29, 1.82) is 0 Å². The van der Waals surface area contributed by atoms with Crippen LogP contribution in [0.2, 0.25) is 0 Å². The van der Waals surface area contributed by atoms with E-state index in [1.165, 1.54) is 0 Å². The number of amides is 2. The normalized spacial score (nSPS) is 14.6. The number of phenols is 1. The maximum Gasteiger partial charge on any atom is 0.322 e. The van der Waals surface area contributed by atoms with Crippen molar-refractivity contribution in [3.63, 3.8) is 0 Å². The van der Waals surface area contributed by atoms with Gasteiger partial charge in [-0.3, -0.25) is 4.68 Å². The first kappa shape index (κ1) is 17.1. The van der Waals surface area contributed by atoms with Crippen molar-refractivity contribution in [3.8, 4) is 5.75 Å². The fourth-order valence-electron chi connectivity index (χ4n) is 3.46. The van der Waals surface area contributed by atoms with Crippen molar-refractivity contribution in [2.75, 3.05) is 36.4 Å². The number of nitrogens with zero attached hydrogens (tertiary/aromatic N) is 5. The van der Waals surface area contributed by atoms with Crippen LogP contribution in [0.25, 0.3) is 11.0 Å². The van der Waals surface area contributed by atoms with E-state index in [-0.39, 0.29) is 11.8 Å². The van der Waals surface area contributed by atoms with Crippen molar-refractivity contribution >= 4 is 28.4 Å². The third-order valence-electron chi connectivity index (χ3n) is 4.90. The van der Waals surface area contributed by atoms with E-state index in [2.05, 4.69) is 20.3 Å². The van der Waals surface area contributed by atoms with Crippen LogP contribution in [-0.2, 0) is 7.05 Å². The number of hydrogen-bond acceptors (Lipinski definition) is 5. The molecule has 27 heavy (non-hydrogen) atoms. The highest BCUT2D eigenvalue weighted by molar-refractivity contribution is 5.92. The van der Waals surface area contributed by atoms with Crippen LogP contribution in [0.15, 0.2) is 36.5 Å². The molecule has 2 N–H and O–H groups in total. The average Bonchev–Trinajstić information content (AvgIpc) is 2.96. The molecule has 0 saturated carbocycles. The Hall–Kier alpha value is -3.29. The number of fused-ring (bicyclic) bond motifs is 1. The predicted octanol–water partition coefficient (Wildman–Crippen LogP) is 2.34. The van der Waals surface area contributed by atoms with Gasteiger partial charge in [-0.2, -0.15) is 5.10 Å². The molecular formula is C19H22N6O2. The minimum absolute atomic E-state index is 0.144. The molecule has 140 valence electrons. The minimum Gasteiger partial charge on any atom is -0.506 e. The number of piperazine rings is 1. The van der Waals surface area contributed by atoms with Crippen molar-refractivity contribution in [3.05, 3.63) is 42.2 Å². The van der Waals surface area contributed by atoms with Gasteiger partial charge in [-0.1, -0.05) is 12.1 Å². The lowest BCUT2D eigenvalue weighted by Crippen LogP contribution is -2.50. The van der Waals surface area contributed by atoms with Crippen LogP contribution in [0.1, 0.15) is 5.69 Å². The first-order valence-corrected chi connectivity index (χ1v) is 8.91. The maximum atomic E-state index is 12.6. The summed E-state index contributed by atoms with van der Waals surface area (Å²) in [4.78, 5) is 20.9. The van der Waals surface area contributed by atoms with Gasteiger partial charge in [0.1, 0.15) is 5.75 Å². The summed E-state index contributed by atoms with van der Waals surface area (Å²) in [5, 5.41) is 18.2. The Morgan fingerprint density at radius 2 is 1.93 bits per heavy atom. The highest BCUT2D eigenvalue weighted by Gasteiger charge is 2.23. The second kappa shape index (κ2) is 6.79. The van der Waals surface area contributed by atoms with E-state index in [4.69, 9.17) is 0 Å². The van der Waals surface area contributed by atoms with Crippen molar-refractivity contribution in [2.45, 2.75) is 6.92 Å². The molecule has 4 rings (SSSR count). The smallest absolute Gasteiger partial charge is 0.322 e. The third-order valence-corrected chi connectivity index (χ3v) is 4.90. The lowest BCUT2D eigenvalue weighted by Gasteiger charge is -2.36. The van der Waals surface area contributed by atoms with E-state index >= 15 is 0 Å². The molecule has 3 aromatic rings. The molecule has 1 saturated heterocycles. The number of carbonyl (C=O) groups is 1. The van der Waals surface area contributed by atoms with Crippen molar-refractivity contribution < 1.29 is 9.90 Å². The molecule has 1 fully saturated rings. The maximum absolute atomic E-state index is 12.6. The number of urea groups is 1. The topological polar surface area (TPSA) is 86.5 Å². The monoisotopic (exact) mass is 366 g/mol. The van der Waals surface area contributed by atoms with Gasteiger partial charge in [-0.05, 0) is 25.1 Å².